The van der Waals surface area contributed by atoms with E-state index >= 15 is 0 Å². The lowest BCUT2D eigenvalue weighted by Crippen LogP contribution is -2.37. The van der Waals surface area contributed by atoms with E-state index in [2.05, 4.69) is 6.58 Å². The molecule has 0 aromatic rings. The number of carbonyl (C=O) groups excluding carboxylic acids is 1. The van der Waals surface area contributed by atoms with Crippen molar-refractivity contribution in [2.45, 2.75) is 43.6 Å². The van der Waals surface area contributed by atoms with Crippen LogP contribution in [-0.4, -0.2) is 39.4 Å². The van der Waals surface area contributed by atoms with Gasteiger partial charge in [-0.3, -0.25) is 0 Å². The standard InChI is InChI=1S/C11H20O4Si/c1-2-9(12)15-10(13)5-7-11(16)6-3-4-8-14-11/h2,10,13H,1,3-8H2,16H3. The topological polar surface area (TPSA) is 55.8 Å². The van der Waals surface area contributed by atoms with Crippen molar-refractivity contribution in [2.24, 2.45) is 0 Å². The SMILES string of the molecule is C=CC(=O)OC(O)CCC1([SiH3])CCCCO1. The molecule has 4 nitrogen and oxygen atoms in total. The Balaban J connectivity index is 2.27. The fourth-order valence-corrected chi connectivity index (χ4v) is 2.71. The first kappa shape index (κ1) is 13.4. The number of carbonyl (C=O) groups is 1. The molecule has 0 spiro atoms. The molecular weight excluding hydrogens is 224 g/mol. The van der Waals surface area contributed by atoms with Crippen LogP contribution in [0, 0.1) is 0 Å². The van der Waals surface area contributed by atoms with E-state index in [1.54, 1.807) is 0 Å². The second-order valence-electron chi connectivity index (χ2n) is 4.39. The molecule has 0 aliphatic carbocycles. The van der Waals surface area contributed by atoms with Gasteiger partial charge in [0, 0.05) is 34.6 Å². The Bertz CT molecular complexity index is 248. The molecular formula is C11H20O4Si. The Morgan fingerprint density at radius 2 is 2.44 bits per heavy atom. The quantitative estimate of drug-likeness (QED) is 0.322. The summed E-state index contributed by atoms with van der Waals surface area (Å²) in [7, 11) is 0.941. The molecule has 0 amide bonds. The molecule has 16 heavy (non-hydrogen) atoms. The molecule has 1 rings (SSSR count). The van der Waals surface area contributed by atoms with Gasteiger partial charge in [0.15, 0.2) is 0 Å². The van der Waals surface area contributed by atoms with Crippen molar-refractivity contribution in [2.75, 3.05) is 6.61 Å². The number of ether oxygens (including phenoxy) is 2. The highest BCUT2D eigenvalue weighted by Gasteiger charge is 2.28. The molecule has 1 aliphatic rings. The van der Waals surface area contributed by atoms with E-state index in [0.717, 1.165) is 42.2 Å². The van der Waals surface area contributed by atoms with Gasteiger partial charge in [0.2, 0.25) is 6.29 Å². The van der Waals surface area contributed by atoms with Crippen molar-refractivity contribution in [1.82, 2.24) is 0 Å². The number of esters is 1. The highest BCUT2D eigenvalue weighted by atomic mass is 28.1. The largest absolute Gasteiger partial charge is 0.433 e. The number of aliphatic hydroxyl groups is 1. The Morgan fingerprint density at radius 1 is 1.69 bits per heavy atom. The van der Waals surface area contributed by atoms with E-state index < -0.39 is 12.3 Å². The minimum atomic E-state index is -1.04. The molecule has 5 heteroatoms. The van der Waals surface area contributed by atoms with Crippen LogP contribution in [0.15, 0.2) is 12.7 Å². The molecule has 1 aliphatic heterocycles. The van der Waals surface area contributed by atoms with Crippen LogP contribution < -0.4 is 0 Å². The number of aliphatic hydroxyl groups excluding tert-OH is 1. The average Bonchev–Trinajstić information content (AvgIpc) is 2.27. The Hall–Kier alpha value is -0.653. The molecule has 0 aromatic carbocycles. The molecule has 0 saturated carbocycles. The van der Waals surface area contributed by atoms with Gasteiger partial charge in [-0.05, 0) is 25.7 Å². The Labute approximate surface area is 99.0 Å². The monoisotopic (exact) mass is 244 g/mol. The van der Waals surface area contributed by atoms with Gasteiger partial charge in [0.1, 0.15) is 0 Å². The highest BCUT2D eigenvalue weighted by Crippen LogP contribution is 2.26. The highest BCUT2D eigenvalue weighted by molar-refractivity contribution is 6.14. The van der Waals surface area contributed by atoms with Crippen LogP contribution in [0.1, 0.15) is 32.1 Å². The molecule has 2 atom stereocenters. The third kappa shape index (κ3) is 4.47. The van der Waals surface area contributed by atoms with E-state index in [-0.39, 0.29) is 5.22 Å². The van der Waals surface area contributed by atoms with Crippen molar-refractivity contribution in [1.29, 1.82) is 0 Å². The summed E-state index contributed by atoms with van der Waals surface area (Å²) in [5, 5.41) is 9.42. The fraction of sp³-hybridized carbons (Fsp3) is 0.727. The van der Waals surface area contributed by atoms with Crippen molar-refractivity contribution in [3.8, 4) is 0 Å². The zero-order chi connectivity index (χ0) is 12.0. The van der Waals surface area contributed by atoms with E-state index in [9.17, 15) is 9.90 Å². The minimum Gasteiger partial charge on any atom is -0.433 e. The van der Waals surface area contributed by atoms with Crippen LogP contribution >= 0.6 is 0 Å². The van der Waals surface area contributed by atoms with Crippen molar-refractivity contribution in [3.63, 3.8) is 0 Å². The van der Waals surface area contributed by atoms with Crippen LogP contribution in [-0.2, 0) is 14.3 Å². The first-order valence-corrected chi connectivity index (χ1v) is 6.71. The molecule has 1 fully saturated rings. The molecule has 1 saturated heterocycles. The second-order valence-corrected chi connectivity index (χ2v) is 6.21. The molecule has 0 radical (unpaired) electrons. The molecule has 0 bridgehead atoms. The number of rotatable bonds is 5. The lowest BCUT2D eigenvalue weighted by molar-refractivity contribution is -0.164. The van der Waals surface area contributed by atoms with Crippen molar-refractivity contribution in [3.05, 3.63) is 12.7 Å². The minimum absolute atomic E-state index is 0.0418. The summed E-state index contributed by atoms with van der Waals surface area (Å²) in [6.45, 7) is 4.09. The van der Waals surface area contributed by atoms with Crippen LogP contribution in [0.4, 0.5) is 0 Å². The summed E-state index contributed by atoms with van der Waals surface area (Å²) in [5.41, 5.74) is 0. The first-order valence-electron chi connectivity index (χ1n) is 5.71. The van der Waals surface area contributed by atoms with E-state index in [1.807, 2.05) is 0 Å². The number of hydrogen-bond acceptors (Lipinski definition) is 4. The van der Waals surface area contributed by atoms with Gasteiger partial charge in [-0.1, -0.05) is 6.58 Å². The summed E-state index contributed by atoms with van der Waals surface area (Å²) in [5.74, 6) is -0.584. The van der Waals surface area contributed by atoms with Gasteiger partial charge in [-0.25, -0.2) is 4.79 Å². The van der Waals surface area contributed by atoms with Crippen LogP contribution in [0.3, 0.4) is 0 Å². The van der Waals surface area contributed by atoms with E-state index in [0.29, 0.717) is 6.42 Å². The molecule has 1 N–H and O–H groups in total. The lowest BCUT2D eigenvalue weighted by Gasteiger charge is -2.34. The predicted molar refractivity (Wildman–Crippen MR) is 64.0 cm³/mol. The Kier molecular flexibility index (Phi) is 5.17. The summed E-state index contributed by atoms with van der Waals surface area (Å²) in [6.07, 6.45) is 4.57. The van der Waals surface area contributed by atoms with Crippen LogP contribution in [0.2, 0.25) is 0 Å². The zero-order valence-corrected chi connectivity index (χ0v) is 11.8. The zero-order valence-electron chi connectivity index (χ0n) is 9.78. The van der Waals surface area contributed by atoms with Gasteiger partial charge in [-0.15, -0.1) is 0 Å². The normalized spacial score (nSPS) is 27.3. The summed E-state index contributed by atoms with van der Waals surface area (Å²) in [6, 6.07) is 0. The summed E-state index contributed by atoms with van der Waals surface area (Å²) < 4.78 is 10.4. The second kappa shape index (κ2) is 6.17. The maximum atomic E-state index is 10.8. The van der Waals surface area contributed by atoms with Gasteiger partial charge < -0.3 is 14.6 Å². The van der Waals surface area contributed by atoms with E-state index in [4.69, 9.17) is 9.47 Å². The summed E-state index contributed by atoms with van der Waals surface area (Å²) >= 11 is 0. The maximum absolute atomic E-state index is 10.8. The molecule has 2 unspecified atom stereocenters. The van der Waals surface area contributed by atoms with Crippen LogP contribution in [0.5, 0.6) is 0 Å². The maximum Gasteiger partial charge on any atom is 0.332 e. The fourth-order valence-electron chi connectivity index (χ4n) is 1.86. The smallest absolute Gasteiger partial charge is 0.332 e. The molecule has 0 aromatic heterocycles. The van der Waals surface area contributed by atoms with Crippen LogP contribution in [0.25, 0.3) is 0 Å². The van der Waals surface area contributed by atoms with Gasteiger partial charge in [0.25, 0.3) is 0 Å². The van der Waals surface area contributed by atoms with Gasteiger partial charge in [0.05, 0.1) is 0 Å². The number of hydrogen-bond donors (Lipinski definition) is 1. The van der Waals surface area contributed by atoms with Gasteiger partial charge in [-0.2, -0.15) is 0 Å². The molecule has 1 heterocycles. The predicted octanol–water partition coefficient (Wildman–Crippen LogP) is 0.0764. The van der Waals surface area contributed by atoms with Gasteiger partial charge >= 0.3 is 5.97 Å². The molecule has 92 valence electrons. The third-order valence-corrected chi connectivity index (χ3v) is 4.18. The van der Waals surface area contributed by atoms with Crippen molar-refractivity contribution >= 4 is 16.2 Å². The Morgan fingerprint density at radius 3 is 3.00 bits per heavy atom. The average molecular weight is 244 g/mol. The summed E-state index contributed by atoms with van der Waals surface area (Å²) in [4.78, 5) is 10.8. The lowest BCUT2D eigenvalue weighted by atomic mass is 10.0. The van der Waals surface area contributed by atoms with Crippen molar-refractivity contribution < 1.29 is 19.4 Å². The third-order valence-electron chi connectivity index (χ3n) is 2.89. The first-order chi connectivity index (χ1) is 7.56. The van der Waals surface area contributed by atoms with E-state index in [1.165, 1.54) is 6.42 Å².